The van der Waals surface area contributed by atoms with Crippen molar-refractivity contribution in [3.63, 3.8) is 0 Å². The van der Waals surface area contributed by atoms with E-state index in [0.717, 1.165) is 17.0 Å². The fraction of sp³-hybridized carbons (Fsp3) is 0.100. The number of nitrogens with zero attached hydrogens (tertiary/aromatic N) is 1. The molecule has 0 atom stereocenters. The van der Waals surface area contributed by atoms with Gasteiger partial charge in [0.05, 0.1) is 0 Å². The van der Waals surface area contributed by atoms with Gasteiger partial charge in [0.25, 0.3) is 0 Å². The zero-order valence-electron chi connectivity index (χ0n) is 7.12. The molecule has 0 spiro atoms. The maximum atomic E-state index is 5.53. The van der Waals surface area contributed by atoms with Crippen molar-refractivity contribution >= 4 is 0 Å². The van der Waals surface area contributed by atoms with E-state index in [1.807, 2.05) is 24.3 Å². The molecule has 0 bridgehead atoms. The first-order chi connectivity index (χ1) is 6.40. The van der Waals surface area contributed by atoms with Crippen molar-refractivity contribution in [2.24, 2.45) is 5.73 Å². The molecule has 2 aromatic rings. The topological polar surface area (TPSA) is 54.7 Å². The van der Waals surface area contributed by atoms with E-state index in [2.05, 4.69) is 16.2 Å². The first-order valence-corrected chi connectivity index (χ1v) is 4.11. The van der Waals surface area contributed by atoms with Gasteiger partial charge in [-0.05, 0) is 11.6 Å². The lowest BCUT2D eigenvalue weighted by atomic mass is 10.1. The van der Waals surface area contributed by atoms with Gasteiger partial charge >= 0.3 is 0 Å². The molecular formula is C10H10N3. The number of nitrogens with one attached hydrogen (secondary N) is 1. The van der Waals surface area contributed by atoms with Gasteiger partial charge in [-0.15, -0.1) is 0 Å². The maximum Gasteiger partial charge on any atom is 0.138 e. The van der Waals surface area contributed by atoms with E-state index in [9.17, 15) is 0 Å². The Morgan fingerprint density at radius 1 is 1.46 bits per heavy atom. The number of rotatable bonds is 2. The van der Waals surface area contributed by atoms with Crippen molar-refractivity contribution in [1.29, 1.82) is 0 Å². The average Bonchev–Trinajstić information content (AvgIpc) is 2.71. The summed E-state index contributed by atoms with van der Waals surface area (Å²) in [6.07, 6.45) is 4.41. The van der Waals surface area contributed by atoms with Gasteiger partial charge in [-0.25, -0.2) is 4.98 Å². The molecule has 0 fully saturated rings. The zero-order valence-corrected chi connectivity index (χ0v) is 7.12. The van der Waals surface area contributed by atoms with Gasteiger partial charge in [0.1, 0.15) is 12.0 Å². The maximum absolute atomic E-state index is 5.53. The van der Waals surface area contributed by atoms with Crippen LogP contribution >= 0.6 is 0 Å². The first-order valence-electron chi connectivity index (χ1n) is 4.11. The summed E-state index contributed by atoms with van der Waals surface area (Å²) in [5.74, 6) is 0.829. The zero-order chi connectivity index (χ0) is 9.10. The standard InChI is InChI=1S/C10H10N3/c11-7-8-2-1-3-9(6-8)10-12-4-5-13-10/h1-4,6H,7,11H2,(H,12,13). The lowest BCUT2D eigenvalue weighted by Crippen LogP contribution is -1.95. The van der Waals surface area contributed by atoms with E-state index in [-0.39, 0.29) is 0 Å². The van der Waals surface area contributed by atoms with E-state index in [4.69, 9.17) is 5.73 Å². The number of H-pyrrole nitrogens is 1. The summed E-state index contributed by atoms with van der Waals surface area (Å²) < 4.78 is 0. The highest BCUT2D eigenvalue weighted by atomic mass is 14.9. The smallest absolute Gasteiger partial charge is 0.138 e. The molecule has 1 radical (unpaired) electrons. The summed E-state index contributed by atoms with van der Waals surface area (Å²) in [6, 6.07) is 7.98. The summed E-state index contributed by atoms with van der Waals surface area (Å²) in [6.45, 7) is 0.554. The predicted molar refractivity (Wildman–Crippen MR) is 50.8 cm³/mol. The molecule has 0 aliphatic rings. The predicted octanol–water partition coefficient (Wildman–Crippen LogP) is 1.34. The van der Waals surface area contributed by atoms with Crippen LogP contribution < -0.4 is 5.73 Å². The second-order valence-electron chi connectivity index (χ2n) is 2.78. The van der Waals surface area contributed by atoms with E-state index >= 15 is 0 Å². The Kier molecular flexibility index (Phi) is 2.10. The number of nitrogens with two attached hydrogens (primary N) is 1. The van der Waals surface area contributed by atoms with Crippen molar-refractivity contribution in [1.82, 2.24) is 9.97 Å². The summed E-state index contributed by atoms with van der Waals surface area (Å²) in [5, 5.41) is 0. The van der Waals surface area contributed by atoms with Gasteiger partial charge in [0.15, 0.2) is 0 Å². The van der Waals surface area contributed by atoms with Gasteiger partial charge in [-0.1, -0.05) is 18.2 Å². The second kappa shape index (κ2) is 3.41. The van der Waals surface area contributed by atoms with E-state index in [1.54, 1.807) is 6.20 Å². The Morgan fingerprint density at radius 2 is 2.38 bits per heavy atom. The Labute approximate surface area is 76.6 Å². The molecule has 65 valence electrons. The molecule has 1 heterocycles. The van der Waals surface area contributed by atoms with E-state index in [0.29, 0.717) is 6.54 Å². The highest BCUT2D eigenvalue weighted by Crippen LogP contribution is 2.15. The minimum Gasteiger partial charge on any atom is -0.344 e. The van der Waals surface area contributed by atoms with Crippen LogP contribution in [0.3, 0.4) is 0 Å². The summed E-state index contributed by atoms with van der Waals surface area (Å²) in [4.78, 5) is 7.04. The number of hydrogen-bond acceptors (Lipinski definition) is 2. The number of benzene rings is 1. The van der Waals surface area contributed by atoms with Crippen LogP contribution in [0, 0.1) is 6.20 Å². The first kappa shape index (κ1) is 8.01. The molecule has 0 unspecified atom stereocenters. The molecule has 0 saturated heterocycles. The van der Waals surface area contributed by atoms with Gasteiger partial charge < -0.3 is 10.7 Å². The fourth-order valence-corrected chi connectivity index (χ4v) is 1.22. The van der Waals surface area contributed by atoms with Crippen molar-refractivity contribution in [3.05, 3.63) is 42.2 Å². The highest BCUT2D eigenvalue weighted by molar-refractivity contribution is 5.55. The van der Waals surface area contributed by atoms with E-state index in [1.165, 1.54) is 0 Å². The molecule has 2 rings (SSSR count). The van der Waals surface area contributed by atoms with Gasteiger partial charge in [0, 0.05) is 18.3 Å². The number of imidazole rings is 1. The third-order valence-corrected chi connectivity index (χ3v) is 1.89. The minimum atomic E-state index is 0.554. The van der Waals surface area contributed by atoms with Crippen molar-refractivity contribution < 1.29 is 0 Å². The van der Waals surface area contributed by atoms with Crippen LogP contribution in [0.4, 0.5) is 0 Å². The average molecular weight is 172 g/mol. The van der Waals surface area contributed by atoms with Crippen LogP contribution in [-0.4, -0.2) is 9.97 Å². The third kappa shape index (κ3) is 1.60. The molecule has 13 heavy (non-hydrogen) atoms. The molecule has 0 amide bonds. The molecule has 0 saturated carbocycles. The summed E-state index contributed by atoms with van der Waals surface area (Å²) in [5.41, 5.74) is 7.68. The minimum absolute atomic E-state index is 0.554. The van der Waals surface area contributed by atoms with Crippen LogP contribution in [-0.2, 0) is 6.54 Å². The Balaban J connectivity index is 2.41. The quantitative estimate of drug-likeness (QED) is 0.718. The number of aromatic nitrogens is 2. The Hall–Kier alpha value is -1.61. The molecule has 3 nitrogen and oxygen atoms in total. The van der Waals surface area contributed by atoms with Crippen molar-refractivity contribution in [2.75, 3.05) is 0 Å². The molecule has 3 heteroatoms. The van der Waals surface area contributed by atoms with Gasteiger partial charge in [-0.3, -0.25) is 0 Å². The largest absolute Gasteiger partial charge is 0.344 e. The lowest BCUT2D eigenvalue weighted by Gasteiger charge is -1.99. The van der Waals surface area contributed by atoms with Crippen LogP contribution in [0.2, 0.25) is 0 Å². The monoisotopic (exact) mass is 172 g/mol. The van der Waals surface area contributed by atoms with Crippen LogP contribution in [0.1, 0.15) is 5.56 Å². The summed E-state index contributed by atoms with van der Waals surface area (Å²) in [7, 11) is 0. The normalized spacial score (nSPS) is 10.2. The second-order valence-corrected chi connectivity index (χ2v) is 2.78. The SMILES string of the molecule is NCc1cccc(-c2n[c]c[nH]2)c1. The van der Waals surface area contributed by atoms with Crippen molar-refractivity contribution in [3.8, 4) is 11.4 Å². The fourth-order valence-electron chi connectivity index (χ4n) is 1.22. The van der Waals surface area contributed by atoms with Gasteiger partial charge in [0.2, 0.25) is 0 Å². The van der Waals surface area contributed by atoms with Crippen molar-refractivity contribution in [2.45, 2.75) is 6.54 Å². The lowest BCUT2D eigenvalue weighted by molar-refractivity contribution is 1.07. The molecule has 1 aromatic heterocycles. The molecule has 0 aliphatic carbocycles. The van der Waals surface area contributed by atoms with Gasteiger partial charge in [-0.2, -0.15) is 0 Å². The number of hydrogen-bond donors (Lipinski definition) is 2. The highest BCUT2D eigenvalue weighted by Gasteiger charge is 1.99. The molecule has 1 aromatic carbocycles. The molecular weight excluding hydrogens is 162 g/mol. The Morgan fingerprint density at radius 3 is 3.08 bits per heavy atom. The van der Waals surface area contributed by atoms with Crippen LogP contribution in [0.5, 0.6) is 0 Å². The molecule has 0 aliphatic heterocycles. The van der Waals surface area contributed by atoms with E-state index < -0.39 is 0 Å². The number of aromatic amines is 1. The van der Waals surface area contributed by atoms with Crippen LogP contribution in [0.25, 0.3) is 11.4 Å². The molecule has 3 N–H and O–H groups in total. The summed E-state index contributed by atoms with van der Waals surface area (Å²) >= 11 is 0. The Bertz CT molecular complexity index is 379. The third-order valence-electron chi connectivity index (χ3n) is 1.89. The van der Waals surface area contributed by atoms with Crippen LogP contribution in [0.15, 0.2) is 30.5 Å².